The molecule has 0 saturated carbocycles. The number of Topliss-reactive ketones (excluding diaryl/α,β-unsaturated/α-hetero) is 1. The molecule has 1 aliphatic rings. The van der Waals surface area contributed by atoms with Gasteiger partial charge >= 0.3 is 0 Å². The van der Waals surface area contributed by atoms with Crippen LogP contribution in [0.1, 0.15) is 29.5 Å². The van der Waals surface area contributed by atoms with E-state index < -0.39 is 0 Å². The SMILES string of the molecule is C=CCC1CC(NC)=C(c2cc(C)cc(C)c2)C1=O. The molecule has 1 aliphatic carbocycles. The van der Waals surface area contributed by atoms with Gasteiger partial charge in [-0.1, -0.05) is 35.4 Å². The number of carbonyl (C=O) groups excluding carboxylic acids is 1. The zero-order valence-electron chi connectivity index (χ0n) is 11.9. The first kappa shape index (κ1) is 13.6. The summed E-state index contributed by atoms with van der Waals surface area (Å²) in [6.07, 6.45) is 3.38. The Bertz CT molecular complexity index is 534. The van der Waals surface area contributed by atoms with E-state index in [1.54, 1.807) is 0 Å². The molecule has 1 aromatic rings. The first-order valence-electron chi connectivity index (χ1n) is 6.71. The lowest BCUT2D eigenvalue weighted by Gasteiger charge is -2.09. The summed E-state index contributed by atoms with van der Waals surface area (Å²) in [6, 6.07) is 6.31. The van der Waals surface area contributed by atoms with Gasteiger partial charge < -0.3 is 5.32 Å². The lowest BCUT2D eigenvalue weighted by Crippen LogP contribution is -2.08. The van der Waals surface area contributed by atoms with Gasteiger partial charge in [0.25, 0.3) is 0 Å². The van der Waals surface area contributed by atoms with Gasteiger partial charge in [0.1, 0.15) is 0 Å². The van der Waals surface area contributed by atoms with E-state index in [9.17, 15) is 4.79 Å². The molecular weight excluding hydrogens is 234 g/mol. The van der Waals surface area contributed by atoms with Crippen LogP contribution < -0.4 is 5.32 Å². The minimum atomic E-state index is 0.0516. The lowest BCUT2D eigenvalue weighted by molar-refractivity contribution is -0.116. The number of hydrogen-bond acceptors (Lipinski definition) is 2. The van der Waals surface area contributed by atoms with Crippen molar-refractivity contribution >= 4 is 11.4 Å². The second kappa shape index (κ2) is 5.43. The molecule has 0 radical (unpaired) electrons. The van der Waals surface area contributed by atoms with E-state index in [2.05, 4.69) is 43.9 Å². The molecule has 1 N–H and O–H groups in total. The van der Waals surface area contributed by atoms with Crippen LogP contribution in [0.25, 0.3) is 5.57 Å². The summed E-state index contributed by atoms with van der Waals surface area (Å²) < 4.78 is 0. The molecule has 0 fully saturated rings. The van der Waals surface area contributed by atoms with Crippen molar-refractivity contribution in [2.45, 2.75) is 26.7 Å². The molecule has 1 atom stereocenters. The normalized spacial score (nSPS) is 18.9. The molecule has 0 saturated heterocycles. The number of rotatable bonds is 4. The standard InChI is InChI=1S/C17H21NO/c1-5-6-13-10-15(18-4)16(17(13)19)14-8-11(2)7-12(3)9-14/h5,7-9,13,18H,1,6,10H2,2-4H3. The monoisotopic (exact) mass is 255 g/mol. The van der Waals surface area contributed by atoms with Crippen molar-refractivity contribution in [3.05, 3.63) is 53.2 Å². The van der Waals surface area contributed by atoms with E-state index in [1.165, 1.54) is 11.1 Å². The zero-order chi connectivity index (χ0) is 14.0. The summed E-state index contributed by atoms with van der Waals surface area (Å²) in [7, 11) is 1.89. The Kier molecular flexibility index (Phi) is 3.89. The van der Waals surface area contributed by atoms with Crippen LogP contribution in [-0.2, 0) is 4.79 Å². The minimum absolute atomic E-state index is 0.0516. The average molecular weight is 255 g/mol. The number of carbonyl (C=O) groups is 1. The molecule has 19 heavy (non-hydrogen) atoms. The van der Waals surface area contributed by atoms with E-state index in [0.717, 1.165) is 29.7 Å². The molecule has 0 amide bonds. The topological polar surface area (TPSA) is 29.1 Å². The fourth-order valence-corrected chi connectivity index (χ4v) is 2.85. The highest BCUT2D eigenvalue weighted by molar-refractivity contribution is 6.24. The van der Waals surface area contributed by atoms with E-state index in [4.69, 9.17) is 0 Å². The molecule has 0 aromatic heterocycles. The maximum Gasteiger partial charge on any atom is 0.168 e. The summed E-state index contributed by atoms with van der Waals surface area (Å²) in [4.78, 5) is 12.5. The van der Waals surface area contributed by atoms with Crippen LogP contribution in [0.5, 0.6) is 0 Å². The van der Waals surface area contributed by atoms with Gasteiger partial charge in [-0.2, -0.15) is 0 Å². The van der Waals surface area contributed by atoms with Crippen LogP contribution >= 0.6 is 0 Å². The molecule has 2 nitrogen and oxygen atoms in total. The van der Waals surface area contributed by atoms with Crippen molar-refractivity contribution < 1.29 is 4.79 Å². The maximum atomic E-state index is 12.5. The third kappa shape index (κ3) is 2.62. The predicted octanol–water partition coefficient (Wildman–Crippen LogP) is 3.40. The highest BCUT2D eigenvalue weighted by Crippen LogP contribution is 2.35. The Morgan fingerprint density at radius 2 is 1.95 bits per heavy atom. The smallest absolute Gasteiger partial charge is 0.168 e. The summed E-state index contributed by atoms with van der Waals surface area (Å²) >= 11 is 0. The Balaban J connectivity index is 2.45. The molecule has 0 heterocycles. The molecular formula is C17H21NO. The fraction of sp³-hybridized carbons (Fsp3) is 0.353. The van der Waals surface area contributed by atoms with Crippen molar-refractivity contribution in [3.63, 3.8) is 0 Å². The first-order valence-corrected chi connectivity index (χ1v) is 6.71. The molecule has 0 aliphatic heterocycles. The van der Waals surface area contributed by atoms with Gasteiger partial charge in [-0.05, 0) is 32.3 Å². The number of nitrogens with one attached hydrogen (secondary N) is 1. The van der Waals surface area contributed by atoms with Gasteiger partial charge in [0, 0.05) is 24.2 Å². The Hall–Kier alpha value is -1.83. The molecule has 1 aromatic carbocycles. The highest BCUT2D eigenvalue weighted by Gasteiger charge is 2.32. The average Bonchev–Trinajstić information content (AvgIpc) is 2.65. The van der Waals surface area contributed by atoms with Crippen molar-refractivity contribution in [2.24, 2.45) is 5.92 Å². The molecule has 2 rings (SSSR count). The molecule has 1 unspecified atom stereocenters. The highest BCUT2D eigenvalue weighted by atomic mass is 16.1. The fourth-order valence-electron chi connectivity index (χ4n) is 2.85. The second-order valence-electron chi connectivity index (χ2n) is 5.27. The molecule has 2 heteroatoms. The van der Waals surface area contributed by atoms with Crippen molar-refractivity contribution in [2.75, 3.05) is 7.05 Å². The lowest BCUT2D eigenvalue weighted by atomic mass is 9.95. The van der Waals surface area contributed by atoms with Crippen LogP contribution in [0.2, 0.25) is 0 Å². The predicted molar refractivity (Wildman–Crippen MR) is 79.8 cm³/mol. The minimum Gasteiger partial charge on any atom is -0.391 e. The Morgan fingerprint density at radius 3 is 2.47 bits per heavy atom. The summed E-state index contributed by atoms with van der Waals surface area (Å²) in [5.74, 6) is 0.296. The van der Waals surface area contributed by atoms with E-state index >= 15 is 0 Å². The van der Waals surface area contributed by atoms with Gasteiger partial charge in [0.2, 0.25) is 0 Å². The Labute approximate surface area is 115 Å². The van der Waals surface area contributed by atoms with Gasteiger partial charge in [0.05, 0.1) is 0 Å². The summed E-state index contributed by atoms with van der Waals surface area (Å²) in [6.45, 7) is 7.88. The quantitative estimate of drug-likeness (QED) is 0.835. The number of hydrogen-bond donors (Lipinski definition) is 1. The number of benzene rings is 1. The Morgan fingerprint density at radius 1 is 1.32 bits per heavy atom. The molecule has 100 valence electrons. The van der Waals surface area contributed by atoms with Crippen LogP contribution in [0, 0.1) is 19.8 Å². The van der Waals surface area contributed by atoms with E-state index in [-0.39, 0.29) is 11.7 Å². The maximum absolute atomic E-state index is 12.5. The van der Waals surface area contributed by atoms with Crippen molar-refractivity contribution in [1.82, 2.24) is 5.32 Å². The van der Waals surface area contributed by atoms with Gasteiger partial charge in [-0.25, -0.2) is 0 Å². The summed E-state index contributed by atoms with van der Waals surface area (Å²) in [5.41, 5.74) is 5.34. The molecule has 0 spiro atoms. The van der Waals surface area contributed by atoms with Gasteiger partial charge in [0.15, 0.2) is 5.78 Å². The second-order valence-corrected chi connectivity index (χ2v) is 5.27. The molecule has 0 bridgehead atoms. The third-order valence-electron chi connectivity index (χ3n) is 3.63. The summed E-state index contributed by atoms with van der Waals surface area (Å²) in [5, 5.41) is 3.19. The number of aryl methyl sites for hydroxylation is 2. The largest absolute Gasteiger partial charge is 0.391 e. The van der Waals surface area contributed by atoms with Gasteiger partial charge in [-0.15, -0.1) is 6.58 Å². The number of allylic oxidation sites excluding steroid dienone is 3. The van der Waals surface area contributed by atoms with Crippen LogP contribution in [0.4, 0.5) is 0 Å². The van der Waals surface area contributed by atoms with E-state index in [1.807, 2.05) is 13.1 Å². The number of ketones is 1. The first-order chi connectivity index (χ1) is 9.06. The van der Waals surface area contributed by atoms with Crippen LogP contribution in [0.15, 0.2) is 36.6 Å². The van der Waals surface area contributed by atoms with E-state index in [0.29, 0.717) is 0 Å². The zero-order valence-corrected chi connectivity index (χ0v) is 11.9. The van der Waals surface area contributed by atoms with Crippen molar-refractivity contribution in [3.8, 4) is 0 Å². The van der Waals surface area contributed by atoms with Crippen LogP contribution in [0.3, 0.4) is 0 Å². The van der Waals surface area contributed by atoms with Gasteiger partial charge in [-0.3, -0.25) is 4.79 Å². The van der Waals surface area contributed by atoms with Crippen LogP contribution in [-0.4, -0.2) is 12.8 Å². The van der Waals surface area contributed by atoms with Crippen molar-refractivity contribution in [1.29, 1.82) is 0 Å². The third-order valence-corrected chi connectivity index (χ3v) is 3.63.